The molecule has 1 fully saturated rings. The molecule has 0 radical (unpaired) electrons. The molecule has 2 aromatic heterocycles. The van der Waals surface area contributed by atoms with Gasteiger partial charge in [0, 0.05) is 30.2 Å². The zero-order chi connectivity index (χ0) is 21.8. The molecule has 0 spiro atoms. The Morgan fingerprint density at radius 2 is 1.94 bits per heavy atom. The van der Waals surface area contributed by atoms with Crippen LogP contribution in [0.5, 0.6) is 5.75 Å². The van der Waals surface area contributed by atoms with Crippen molar-refractivity contribution in [2.75, 3.05) is 13.2 Å². The van der Waals surface area contributed by atoms with Crippen LogP contribution in [0.25, 0.3) is 17.1 Å². The van der Waals surface area contributed by atoms with E-state index in [1.54, 1.807) is 17.4 Å². The van der Waals surface area contributed by atoms with Crippen LogP contribution in [0.1, 0.15) is 31.2 Å². The third-order valence-electron chi connectivity index (χ3n) is 5.58. The van der Waals surface area contributed by atoms with E-state index in [4.69, 9.17) is 9.26 Å². The maximum Gasteiger partial charge on any atom is 0.261 e. The largest absolute Gasteiger partial charge is 0.484 e. The Balaban J connectivity index is 1.29. The Hall–Kier alpha value is -3.94. The highest BCUT2D eigenvalue weighted by Gasteiger charge is 2.32. The third kappa shape index (κ3) is 4.25. The zero-order valence-electron chi connectivity index (χ0n) is 17.5. The van der Waals surface area contributed by atoms with Gasteiger partial charge < -0.3 is 18.7 Å². The molecule has 0 N–H and O–H groups in total. The van der Waals surface area contributed by atoms with E-state index in [1.807, 2.05) is 65.4 Å². The van der Waals surface area contributed by atoms with Gasteiger partial charge >= 0.3 is 0 Å². The molecule has 2 aromatic carbocycles. The number of amides is 1. The summed E-state index contributed by atoms with van der Waals surface area (Å²) in [4.78, 5) is 23.4. The first kappa shape index (κ1) is 20.0. The predicted octanol–water partition coefficient (Wildman–Crippen LogP) is 4.05. The number of rotatable bonds is 6. The summed E-state index contributed by atoms with van der Waals surface area (Å²) in [7, 11) is 0. The lowest BCUT2D eigenvalue weighted by atomic mass is 10.0. The van der Waals surface area contributed by atoms with E-state index >= 15 is 0 Å². The lowest BCUT2D eigenvalue weighted by molar-refractivity contribution is -0.138. The monoisotopic (exact) mass is 429 g/mol. The zero-order valence-corrected chi connectivity index (χ0v) is 17.5. The summed E-state index contributed by atoms with van der Waals surface area (Å²) >= 11 is 0. The summed E-state index contributed by atoms with van der Waals surface area (Å²) in [5.74, 6) is 1.57. The standard InChI is InChI=1S/C24H23N5O3/c30-22(16-31-20-6-2-1-3-7-20)29-14-5-4-8-21(29)24-26-23(27-32-24)18-9-11-19(12-10-18)28-15-13-25-17-28/h1-3,6-7,9-13,15,17,21H,4-5,8,14,16H2/t21-/m1/s1. The van der Waals surface area contributed by atoms with Crippen LogP contribution in [-0.2, 0) is 4.79 Å². The van der Waals surface area contributed by atoms with E-state index in [0.29, 0.717) is 24.0 Å². The molecule has 0 saturated carbocycles. The summed E-state index contributed by atoms with van der Waals surface area (Å²) in [6.07, 6.45) is 8.12. The van der Waals surface area contributed by atoms with Crippen molar-refractivity contribution in [3.05, 3.63) is 79.2 Å². The molecular formula is C24H23N5O3. The van der Waals surface area contributed by atoms with Crippen molar-refractivity contribution in [1.82, 2.24) is 24.6 Å². The Kier molecular flexibility index (Phi) is 5.65. The maximum atomic E-state index is 12.9. The number of imidazole rings is 1. The van der Waals surface area contributed by atoms with Crippen molar-refractivity contribution in [2.45, 2.75) is 25.3 Å². The van der Waals surface area contributed by atoms with Crippen LogP contribution < -0.4 is 4.74 Å². The van der Waals surface area contributed by atoms with Gasteiger partial charge in [-0.05, 0) is 55.7 Å². The predicted molar refractivity (Wildman–Crippen MR) is 117 cm³/mol. The highest BCUT2D eigenvalue weighted by molar-refractivity contribution is 5.78. The molecule has 8 heteroatoms. The number of nitrogens with zero attached hydrogens (tertiary/aromatic N) is 5. The topological polar surface area (TPSA) is 86.3 Å². The molecule has 1 saturated heterocycles. The second kappa shape index (κ2) is 9.05. The molecule has 5 rings (SSSR count). The smallest absolute Gasteiger partial charge is 0.261 e. The van der Waals surface area contributed by atoms with Crippen molar-refractivity contribution in [3.63, 3.8) is 0 Å². The minimum absolute atomic E-state index is 0.0166. The molecule has 3 heterocycles. The lowest BCUT2D eigenvalue weighted by Gasteiger charge is -2.33. The van der Waals surface area contributed by atoms with Crippen molar-refractivity contribution < 1.29 is 14.1 Å². The molecule has 1 aliphatic rings. The Morgan fingerprint density at radius 1 is 1.09 bits per heavy atom. The first-order valence-electron chi connectivity index (χ1n) is 10.7. The molecule has 0 aliphatic carbocycles. The number of hydrogen-bond acceptors (Lipinski definition) is 6. The summed E-state index contributed by atoms with van der Waals surface area (Å²) < 4.78 is 13.2. The van der Waals surface area contributed by atoms with Gasteiger partial charge in [0.15, 0.2) is 6.61 Å². The van der Waals surface area contributed by atoms with Crippen LogP contribution in [0.4, 0.5) is 0 Å². The number of piperidine rings is 1. The van der Waals surface area contributed by atoms with E-state index in [0.717, 1.165) is 30.5 Å². The fraction of sp³-hybridized carbons (Fsp3) is 0.250. The van der Waals surface area contributed by atoms with Crippen molar-refractivity contribution in [1.29, 1.82) is 0 Å². The van der Waals surface area contributed by atoms with Gasteiger partial charge in [-0.15, -0.1) is 0 Å². The number of aromatic nitrogens is 4. The molecule has 0 bridgehead atoms. The quantitative estimate of drug-likeness (QED) is 0.460. The second-order valence-corrected chi connectivity index (χ2v) is 7.67. The third-order valence-corrected chi connectivity index (χ3v) is 5.58. The van der Waals surface area contributed by atoms with Gasteiger partial charge in [-0.1, -0.05) is 23.4 Å². The maximum absolute atomic E-state index is 12.9. The SMILES string of the molecule is O=C(COc1ccccc1)N1CCCC[C@@H]1c1nc(-c2ccc(-n3ccnc3)cc2)no1. The van der Waals surface area contributed by atoms with Crippen molar-refractivity contribution >= 4 is 5.91 Å². The van der Waals surface area contributed by atoms with Gasteiger partial charge in [0.25, 0.3) is 5.91 Å². The highest BCUT2D eigenvalue weighted by Crippen LogP contribution is 2.31. The molecular weight excluding hydrogens is 406 g/mol. The number of hydrogen-bond donors (Lipinski definition) is 0. The van der Waals surface area contributed by atoms with Crippen LogP contribution in [0, 0.1) is 0 Å². The summed E-state index contributed by atoms with van der Waals surface area (Å²) in [6, 6.07) is 17.0. The first-order valence-corrected chi connectivity index (χ1v) is 10.7. The first-order chi connectivity index (χ1) is 15.8. The van der Waals surface area contributed by atoms with Crippen molar-refractivity contribution in [3.8, 4) is 22.8 Å². The van der Waals surface area contributed by atoms with Gasteiger partial charge in [0.1, 0.15) is 11.8 Å². The molecule has 32 heavy (non-hydrogen) atoms. The van der Waals surface area contributed by atoms with Crippen LogP contribution >= 0.6 is 0 Å². The summed E-state index contributed by atoms with van der Waals surface area (Å²) in [6.45, 7) is 0.635. The minimum atomic E-state index is -0.234. The van der Waals surface area contributed by atoms with E-state index in [2.05, 4.69) is 15.1 Å². The number of benzene rings is 2. The summed E-state index contributed by atoms with van der Waals surface area (Å²) in [5, 5.41) is 4.17. The van der Waals surface area contributed by atoms with E-state index < -0.39 is 0 Å². The fourth-order valence-electron chi connectivity index (χ4n) is 3.91. The Bertz CT molecular complexity index is 1160. The van der Waals surface area contributed by atoms with Crippen molar-refractivity contribution in [2.24, 2.45) is 0 Å². The highest BCUT2D eigenvalue weighted by atomic mass is 16.5. The van der Waals surface area contributed by atoms with Gasteiger partial charge in [-0.25, -0.2) is 4.98 Å². The number of ether oxygens (including phenoxy) is 1. The molecule has 162 valence electrons. The number of likely N-dealkylation sites (tertiary alicyclic amines) is 1. The van der Waals surface area contributed by atoms with Crippen LogP contribution in [0.15, 0.2) is 77.8 Å². The number of carbonyl (C=O) groups is 1. The minimum Gasteiger partial charge on any atom is -0.484 e. The normalized spacial score (nSPS) is 16.1. The van der Waals surface area contributed by atoms with Gasteiger partial charge in [-0.2, -0.15) is 4.98 Å². The van der Waals surface area contributed by atoms with Crippen LogP contribution in [0.2, 0.25) is 0 Å². The number of para-hydroxylation sites is 1. The fourth-order valence-corrected chi connectivity index (χ4v) is 3.91. The average molecular weight is 429 g/mol. The molecule has 1 aliphatic heterocycles. The second-order valence-electron chi connectivity index (χ2n) is 7.67. The van der Waals surface area contributed by atoms with E-state index in [-0.39, 0.29) is 18.6 Å². The Morgan fingerprint density at radius 3 is 2.72 bits per heavy atom. The molecule has 4 aromatic rings. The molecule has 1 atom stereocenters. The van der Waals surface area contributed by atoms with Gasteiger partial charge in [0.2, 0.25) is 11.7 Å². The van der Waals surface area contributed by atoms with E-state index in [1.165, 1.54) is 0 Å². The van der Waals surface area contributed by atoms with E-state index in [9.17, 15) is 4.79 Å². The summed E-state index contributed by atoms with van der Waals surface area (Å²) in [5.41, 5.74) is 1.85. The van der Waals surface area contributed by atoms with Gasteiger partial charge in [0.05, 0.1) is 6.33 Å². The Labute approximate surface area is 185 Å². The molecule has 1 amide bonds. The van der Waals surface area contributed by atoms with Crippen LogP contribution in [0.3, 0.4) is 0 Å². The number of carbonyl (C=O) groups excluding carboxylic acids is 1. The average Bonchev–Trinajstić information content (AvgIpc) is 3.56. The molecule has 0 unspecified atom stereocenters. The lowest BCUT2D eigenvalue weighted by Crippen LogP contribution is -2.41. The van der Waals surface area contributed by atoms with Gasteiger partial charge in [-0.3, -0.25) is 4.79 Å². The van der Waals surface area contributed by atoms with Crippen LogP contribution in [-0.4, -0.2) is 43.7 Å². The molecule has 8 nitrogen and oxygen atoms in total.